The Labute approximate surface area is 113 Å². The van der Waals surface area contributed by atoms with E-state index < -0.39 is 0 Å². The summed E-state index contributed by atoms with van der Waals surface area (Å²) in [5.41, 5.74) is 1.35. The Bertz CT molecular complexity index is 736. The molecule has 0 aliphatic carbocycles. The third-order valence-electron chi connectivity index (χ3n) is 2.77. The first-order valence-corrected chi connectivity index (χ1v) is 6.20. The predicted molar refractivity (Wildman–Crippen MR) is 67.4 cm³/mol. The van der Waals surface area contributed by atoms with Crippen LogP contribution in [0.1, 0.15) is 17.5 Å². The molecular formula is C12H10ClFN4O. The summed E-state index contributed by atoms with van der Waals surface area (Å²) in [5, 5.41) is 3.72. The number of aromatic nitrogens is 4. The molecule has 19 heavy (non-hydrogen) atoms. The second kappa shape index (κ2) is 4.62. The second-order valence-electron chi connectivity index (χ2n) is 4.12. The molecule has 0 amide bonds. The summed E-state index contributed by atoms with van der Waals surface area (Å²) < 4.78 is 20.2. The lowest BCUT2D eigenvalue weighted by Gasteiger charge is -2.03. The van der Waals surface area contributed by atoms with E-state index in [9.17, 15) is 4.39 Å². The number of rotatable bonds is 3. The number of fused-ring (bicyclic) bond motifs is 1. The van der Waals surface area contributed by atoms with E-state index in [4.69, 9.17) is 16.1 Å². The first-order valence-electron chi connectivity index (χ1n) is 5.67. The highest BCUT2D eigenvalue weighted by Gasteiger charge is 2.13. The molecule has 0 aliphatic heterocycles. The molecule has 0 spiro atoms. The molecule has 0 saturated heterocycles. The van der Waals surface area contributed by atoms with E-state index in [1.165, 1.54) is 12.1 Å². The Morgan fingerprint density at radius 1 is 1.37 bits per heavy atom. The Kier molecular flexibility index (Phi) is 2.94. The van der Waals surface area contributed by atoms with Crippen LogP contribution in [-0.4, -0.2) is 19.7 Å². The molecule has 0 bridgehead atoms. The lowest BCUT2D eigenvalue weighted by molar-refractivity contribution is 0.368. The van der Waals surface area contributed by atoms with Gasteiger partial charge in [0.2, 0.25) is 5.89 Å². The Hall–Kier alpha value is -1.95. The van der Waals surface area contributed by atoms with Crippen molar-refractivity contribution in [1.82, 2.24) is 19.7 Å². The van der Waals surface area contributed by atoms with E-state index in [-0.39, 0.29) is 11.7 Å². The molecule has 0 fully saturated rings. The van der Waals surface area contributed by atoms with Gasteiger partial charge < -0.3 is 9.09 Å². The largest absolute Gasteiger partial charge is 0.337 e. The molecule has 2 aromatic heterocycles. The zero-order valence-corrected chi connectivity index (χ0v) is 10.9. The van der Waals surface area contributed by atoms with E-state index in [0.717, 1.165) is 0 Å². The van der Waals surface area contributed by atoms with Crippen molar-refractivity contribution < 1.29 is 8.91 Å². The number of aryl methyl sites for hydroxylation is 1. The smallest absolute Gasteiger partial charge is 0.246 e. The summed E-state index contributed by atoms with van der Waals surface area (Å²) in [6, 6.07) is 4.41. The van der Waals surface area contributed by atoms with Gasteiger partial charge in [-0.15, -0.1) is 11.6 Å². The van der Waals surface area contributed by atoms with Crippen LogP contribution in [0.4, 0.5) is 4.39 Å². The summed E-state index contributed by atoms with van der Waals surface area (Å²) in [5.74, 6) is 1.53. The molecule has 3 rings (SSSR count). The maximum atomic E-state index is 13.3. The van der Waals surface area contributed by atoms with Crippen molar-refractivity contribution >= 4 is 22.6 Å². The van der Waals surface area contributed by atoms with Gasteiger partial charge in [0.1, 0.15) is 18.2 Å². The van der Waals surface area contributed by atoms with Crippen LogP contribution in [-0.2, 0) is 12.4 Å². The van der Waals surface area contributed by atoms with E-state index in [1.54, 1.807) is 17.6 Å². The second-order valence-corrected chi connectivity index (χ2v) is 4.38. The Morgan fingerprint density at radius 3 is 2.89 bits per heavy atom. The lowest BCUT2D eigenvalue weighted by atomic mass is 10.3. The maximum absolute atomic E-state index is 13.3. The molecule has 0 saturated carbocycles. The zero-order chi connectivity index (χ0) is 13.4. The molecule has 98 valence electrons. The molecule has 5 nitrogen and oxygen atoms in total. The highest BCUT2D eigenvalue weighted by Crippen LogP contribution is 2.20. The van der Waals surface area contributed by atoms with Gasteiger partial charge in [0, 0.05) is 0 Å². The predicted octanol–water partition coefficient (Wildman–Crippen LogP) is 2.65. The molecule has 2 heterocycles. The summed E-state index contributed by atoms with van der Waals surface area (Å²) in [6.45, 7) is 2.06. The highest BCUT2D eigenvalue weighted by atomic mass is 35.5. The van der Waals surface area contributed by atoms with Crippen molar-refractivity contribution in [2.24, 2.45) is 0 Å². The molecule has 3 aromatic rings. The summed E-state index contributed by atoms with van der Waals surface area (Å²) >= 11 is 5.87. The summed E-state index contributed by atoms with van der Waals surface area (Å²) in [4.78, 5) is 8.48. The average molecular weight is 281 g/mol. The Morgan fingerprint density at radius 2 is 2.21 bits per heavy atom. The monoisotopic (exact) mass is 280 g/mol. The van der Waals surface area contributed by atoms with Crippen LogP contribution in [0, 0.1) is 12.7 Å². The number of halogens is 2. The van der Waals surface area contributed by atoms with E-state index in [1.807, 2.05) is 0 Å². The van der Waals surface area contributed by atoms with Crippen LogP contribution in [0.3, 0.4) is 0 Å². The van der Waals surface area contributed by atoms with E-state index in [2.05, 4.69) is 15.1 Å². The van der Waals surface area contributed by atoms with Gasteiger partial charge in [0.15, 0.2) is 5.82 Å². The van der Waals surface area contributed by atoms with Gasteiger partial charge in [0.05, 0.1) is 16.9 Å². The van der Waals surface area contributed by atoms with Gasteiger partial charge in [-0.25, -0.2) is 9.37 Å². The molecule has 0 radical (unpaired) electrons. The fourth-order valence-corrected chi connectivity index (χ4v) is 2.17. The molecule has 0 atom stereocenters. The molecule has 7 heteroatoms. The number of nitrogens with zero attached hydrogens (tertiary/aromatic N) is 4. The first kappa shape index (κ1) is 12.1. The summed E-state index contributed by atoms with van der Waals surface area (Å²) in [6.07, 6.45) is 0. The van der Waals surface area contributed by atoms with Gasteiger partial charge in [0.25, 0.3) is 0 Å². The fourth-order valence-electron chi connectivity index (χ4n) is 1.96. The molecule has 0 unspecified atom stereocenters. The lowest BCUT2D eigenvalue weighted by Crippen LogP contribution is -2.04. The van der Waals surface area contributed by atoms with Crippen molar-refractivity contribution in [3.05, 3.63) is 41.6 Å². The van der Waals surface area contributed by atoms with Crippen molar-refractivity contribution in [2.45, 2.75) is 19.3 Å². The standard InChI is InChI=1S/C12H10ClFN4O/c1-7-15-12(19-17-7)6-18-10-4-8(14)2-3-9(10)16-11(18)5-13/h2-4H,5-6H2,1H3. The minimum atomic E-state index is -0.323. The van der Waals surface area contributed by atoms with Crippen molar-refractivity contribution in [1.29, 1.82) is 0 Å². The van der Waals surface area contributed by atoms with Gasteiger partial charge in [-0.1, -0.05) is 5.16 Å². The SMILES string of the molecule is Cc1noc(Cn2c(CCl)nc3ccc(F)cc32)n1. The minimum absolute atomic E-state index is 0.226. The number of imidazole rings is 1. The minimum Gasteiger partial charge on any atom is -0.337 e. The van der Waals surface area contributed by atoms with Crippen LogP contribution in [0.15, 0.2) is 22.7 Å². The fraction of sp³-hybridized carbons (Fsp3) is 0.250. The molecule has 0 aliphatic rings. The van der Waals surface area contributed by atoms with Crippen LogP contribution in [0.25, 0.3) is 11.0 Å². The highest BCUT2D eigenvalue weighted by molar-refractivity contribution is 6.16. The Balaban J connectivity index is 2.12. The van der Waals surface area contributed by atoms with Gasteiger partial charge in [-0.2, -0.15) is 4.98 Å². The number of hydrogen-bond acceptors (Lipinski definition) is 4. The number of benzene rings is 1. The third-order valence-corrected chi connectivity index (χ3v) is 3.01. The van der Waals surface area contributed by atoms with Crippen molar-refractivity contribution in [3.8, 4) is 0 Å². The van der Waals surface area contributed by atoms with Crippen molar-refractivity contribution in [2.75, 3.05) is 0 Å². The third kappa shape index (κ3) is 2.19. The normalized spacial score (nSPS) is 11.3. The van der Waals surface area contributed by atoms with Gasteiger partial charge >= 0.3 is 0 Å². The molecule has 1 aromatic carbocycles. The van der Waals surface area contributed by atoms with Gasteiger partial charge in [-0.3, -0.25) is 0 Å². The quantitative estimate of drug-likeness (QED) is 0.692. The summed E-state index contributed by atoms with van der Waals surface area (Å²) in [7, 11) is 0. The maximum Gasteiger partial charge on any atom is 0.246 e. The number of alkyl halides is 1. The topological polar surface area (TPSA) is 56.7 Å². The van der Waals surface area contributed by atoms with Crippen LogP contribution in [0.2, 0.25) is 0 Å². The van der Waals surface area contributed by atoms with Crippen molar-refractivity contribution in [3.63, 3.8) is 0 Å². The first-order chi connectivity index (χ1) is 9.17. The van der Waals surface area contributed by atoms with Gasteiger partial charge in [-0.05, 0) is 25.1 Å². The average Bonchev–Trinajstić information content (AvgIpc) is 2.94. The van der Waals surface area contributed by atoms with Crippen LogP contribution < -0.4 is 0 Å². The van der Waals surface area contributed by atoms with E-state index >= 15 is 0 Å². The molecule has 0 N–H and O–H groups in total. The van der Waals surface area contributed by atoms with Crippen LogP contribution >= 0.6 is 11.6 Å². The number of hydrogen-bond donors (Lipinski definition) is 0. The molecular weight excluding hydrogens is 271 g/mol. The van der Waals surface area contributed by atoms with E-state index in [0.29, 0.717) is 35.1 Å². The van der Waals surface area contributed by atoms with Crippen LogP contribution in [0.5, 0.6) is 0 Å². The zero-order valence-electron chi connectivity index (χ0n) is 10.1.